The number of thioether (sulfide) groups is 1. The van der Waals surface area contributed by atoms with Crippen molar-refractivity contribution in [2.45, 2.75) is 11.6 Å². The van der Waals surface area contributed by atoms with Gasteiger partial charge in [0.25, 0.3) is 5.22 Å². The van der Waals surface area contributed by atoms with Crippen molar-refractivity contribution < 1.29 is 27.4 Å². The largest absolute Gasteiger partial charge is 1.00 e. The van der Waals surface area contributed by atoms with E-state index in [4.69, 9.17) is 4.42 Å². The number of nitrogens with zero attached hydrogens (tertiary/aromatic N) is 2. The molecule has 0 aliphatic rings. The number of amides is 1. The minimum atomic E-state index is -0.116. The fourth-order valence-electron chi connectivity index (χ4n) is 1.41. The quantitative estimate of drug-likeness (QED) is 0.574. The maximum atomic E-state index is 11.8. The Morgan fingerprint density at radius 3 is 2.71 bits per heavy atom. The topological polar surface area (TPSA) is 95.7 Å². The number of nitrogens with one attached hydrogen (secondary N) is 1. The summed E-state index contributed by atoms with van der Waals surface area (Å²) in [4.78, 5) is 11.8. The van der Waals surface area contributed by atoms with Gasteiger partial charge in [0.05, 0.1) is 18.7 Å². The van der Waals surface area contributed by atoms with Crippen LogP contribution >= 0.6 is 27.7 Å². The molecule has 1 heterocycles. The van der Waals surface area contributed by atoms with Gasteiger partial charge in [-0.05, 0) is 24.3 Å². The summed E-state index contributed by atoms with van der Waals surface area (Å²) in [7, 11) is 0. The van der Waals surface area contributed by atoms with E-state index in [-0.39, 0.29) is 24.1 Å². The molecule has 1 aromatic carbocycles. The first-order valence-electron chi connectivity index (χ1n) is 5.97. The molecule has 1 aromatic heterocycles. The van der Waals surface area contributed by atoms with Crippen LogP contribution in [0.4, 0.5) is 5.69 Å². The Kier molecular flexibility index (Phi) is 7.73. The molecule has 0 radical (unpaired) electrons. The highest BCUT2D eigenvalue weighted by atomic mass is 79.9. The second kappa shape index (κ2) is 9.04. The van der Waals surface area contributed by atoms with Crippen molar-refractivity contribution in [1.82, 2.24) is 10.2 Å². The van der Waals surface area contributed by atoms with Gasteiger partial charge in [-0.25, -0.2) is 0 Å². The van der Waals surface area contributed by atoms with Crippen LogP contribution in [-0.4, -0.2) is 28.4 Å². The fraction of sp³-hybridized carbons (Fsp3) is 0.250. The van der Waals surface area contributed by atoms with E-state index in [1.807, 2.05) is 24.3 Å². The number of hydrogen-bond acceptors (Lipinski definition) is 5. The van der Waals surface area contributed by atoms with Crippen LogP contribution in [0.2, 0.25) is 0 Å². The Balaban J connectivity index is 0.00000220. The monoisotopic (exact) mass is 392 g/mol. The first-order valence-corrected chi connectivity index (χ1v) is 7.75. The molecule has 2 aromatic rings. The summed E-state index contributed by atoms with van der Waals surface area (Å²) in [6, 6.07) is 7.38. The maximum Gasteiger partial charge on any atom is 0.277 e. The summed E-state index contributed by atoms with van der Waals surface area (Å²) in [6.45, 7) is 0.705. The molecule has 1 amide bonds. The van der Waals surface area contributed by atoms with Gasteiger partial charge in [-0.2, -0.15) is 0 Å². The van der Waals surface area contributed by atoms with Gasteiger partial charge >= 0.3 is 0 Å². The van der Waals surface area contributed by atoms with Crippen molar-refractivity contribution in [3.05, 3.63) is 34.6 Å². The first kappa shape index (κ1) is 18.0. The zero-order valence-electron chi connectivity index (χ0n) is 11.0. The molecule has 6 nitrogen and oxygen atoms in total. The van der Waals surface area contributed by atoms with E-state index in [0.717, 1.165) is 10.2 Å². The minimum absolute atomic E-state index is 0. The number of carbonyl (C=O) groups is 1. The fourth-order valence-corrected chi connectivity index (χ4v) is 2.25. The van der Waals surface area contributed by atoms with Crippen LogP contribution in [0, 0.1) is 0 Å². The van der Waals surface area contributed by atoms with Crippen LogP contribution < -0.4 is 23.5 Å². The van der Waals surface area contributed by atoms with Gasteiger partial charge in [0, 0.05) is 10.2 Å². The van der Waals surface area contributed by atoms with E-state index >= 15 is 0 Å². The molecule has 21 heavy (non-hydrogen) atoms. The summed E-state index contributed by atoms with van der Waals surface area (Å²) >= 11 is 4.55. The van der Waals surface area contributed by atoms with Crippen molar-refractivity contribution in [3.63, 3.8) is 0 Å². The summed E-state index contributed by atoms with van der Waals surface area (Å²) in [5, 5.41) is 10.9. The first-order chi connectivity index (χ1) is 9.67. The van der Waals surface area contributed by atoms with E-state index < -0.39 is 0 Å². The normalized spacial score (nSPS) is 10.0. The molecule has 2 rings (SSSR count). The number of hydrogen-bond donors (Lipinski definition) is 2. The SMILES string of the molecule is [Cl-].[NH3+]CCc1nnc(SCC(=O)Nc2ccc(Br)cc2)o1. The molecule has 4 N–H and O–H groups in total. The van der Waals surface area contributed by atoms with Crippen molar-refractivity contribution in [2.75, 3.05) is 17.6 Å². The van der Waals surface area contributed by atoms with Crippen molar-refractivity contribution in [3.8, 4) is 0 Å². The van der Waals surface area contributed by atoms with E-state index in [1.54, 1.807) is 0 Å². The second-order valence-electron chi connectivity index (χ2n) is 3.91. The molecule has 9 heteroatoms. The third-order valence-corrected chi connectivity index (χ3v) is 3.64. The number of carbonyl (C=O) groups excluding carboxylic acids is 1. The van der Waals surface area contributed by atoms with Gasteiger partial charge in [-0.3, -0.25) is 4.79 Å². The Morgan fingerprint density at radius 1 is 1.33 bits per heavy atom. The second-order valence-corrected chi connectivity index (χ2v) is 5.75. The lowest BCUT2D eigenvalue weighted by atomic mass is 10.3. The number of halogens is 2. The zero-order valence-corrected chi connectivity index (χ0v) is 14.2. The Labute approximate surface area is 140 Å². The van der Waals surface area contributed by atoms with Crippen molar-refractivity contribution >= 4 is 39.3 Å². The number of quaternary nitrogens is 1. The third kappa shape index (κ3) is 6.04. The average molecular weight is 394 g/mol. The van der Waals surface area contributed by atoms with E-state index in [0.29, 0.717) is 24.1 Å². The molecule has 0 fully saturated rings. The van der Waals surface area contributed by atoms with E-state index in [9.17, 15) is 4.79 Å². The summed E-state index contributed by atoms with van der Waals surface area (Å²) in [5.41, 5.74) is 4.47. The van der Waals surface area contributed by atoms with Gasteiger partial charge in [0.2, 0.25) is 11.8 Å². The summed E-state index contributed by atoms with van der Waals surface area (Å²) in [5.74, 6) is 0.660. The van der Waals surface area contributed by atoms with Crippen LogP contribution in [0.5, 0.6) is 0 Å². The van der Waals surface area contributed by atoms with Crippen LogP contribution in [0.1, 0.15) is 5.89 Å². The molecule has 0 atom stereocenters. The van der Waals surface area contributed by atoms with Gasteiger partial charge in [0.1, 0.15) is 0 Å². The predicted molar refractivity (Wildman–Crippen MR) is 79.3 cm³/mol. The Morgan fingerprint density at radius 2 is 2.05 bits per heavy atom. The molecular formula is C12H14BrClN4O2S. The lowest BCUT2D eigenvalue weighted by Gasteiger charge is -2.03. The van der Waals surface area contributed by atoms with Gasteiger partial charge in [-0.15, -0.1) is 10.2 Å². The van der Waals surface area contributed by atoms with E-state index in [2.05, 4.69) is 37.2 Å². The molecule has 0 saturated heterocycles. The zero-order chi connectivity index (χ0) is 14.4. The molecule has 0 spiro atoms. The van der Waals surface area contributed by atoms with Crippen molar-refractivity contribution in [2.24, 2.45) is 0 Å². The lowest BCUT2D eigenvalue weighted by Crippen LogP contribution is -3.00. The van der Waals surface area contributed by atoms with Crippen LogP contribution in [-0.2, 0) is 11.2 Å². The molecule has 0 saturated carbocycles. The van der Waals surface area contributed by atoms with Crippen molar-refractivity contribution in [1.29, 1.82) is 0 Å². The van der Waals surface area contributed by atoms with Gasteiger partial charge in [-0.1, -0.05) is 27.7 Å². The minimum Gasteiger partial charge on any atom is -1.00 e. The smallest absolute Gasteiger partial charge is 0.277 e. The predicted octanol–water partition coefficient (Wildman–Crippen LogP) is -1.65. The third-order valence-electron chi connectivity index (χ3n) is 2.29. The number of aromatic nitrogens is 2. The number of benzene rings is 1. The highest BCUT2D eigenvalue weighted by molar-refractivity contribution is 9.10. The van der Waals surface area contributed by atoms with Crippen LogP contribution in [0.3, 0.4) is 0 Å². The molecular weight excluding hydrogens is 380 g/mol. The Hall–Kier alpha value is -1.09. The number of rotatable bonds is 6. The lowest BCUT2D eigenvalue weighted by molar-refractivity contribution is -0.367. The average Bonchev–Trinajstić information content (AvgIpc) is 2.87. The molecule has 0 unspecified atom stereocenters. The Bertz CT molecular complexity index is 579. The summed E-state index contributed by atoms with van der Waals surface area (Å²) < 4.78 is 6.32. The maximum absolute atomic E-state index is 11.8. The van der Waals surface area contributed by atoms with Crippen LogP contribution in [0.15, 0.2) is 38.4 Å². The summed E-state index contributed by atoms with van der Waals surface area (Å²) in [6.07, 6.45) is 0.651. The molecule has 0 bridgehead atoms. The van der Waals surface area contributed by atoms with Gasteiger partial charge in [0.15, 0.2) is 0 Å². The molecule has 114 valence electrons. The van der Waals surface area contributed by atoms with Crippen LogP contribution in [0.25, 0.3) is 0 Å². The standard InChI is InChI=1S/C12H13BrN4O2S.ClH/c13-8-1-3-9(4-2-8)15-10(18)7-20-12-17-16-11(19-12)5-6-14;/h1-4H,5-7,14H2,(H,15,18);1H. The van der Waals surface area contributed by atoms with Gasteiger partial charge < -0.3 is 27.9 Å². The number of anilines is 1. The molecule has 0 aliphatic carbocycles. The molecule has 0 aliphatic heterocycles. The highest BCUT2D eigenvalue weighted by Crippen LogP contribution is 2.18. The van der Waals surface area contributed by atoms with E-state index in [1.165, 1.54) is 11.8 Å². The highest BCUT2D eigenvalue weighted by Gasteiger charge is 2.09.